The first-order valence-corrected chi connectivity index (χ1v) is 9.25. The van der Waals surface area contributed by atoms with E-state index in [4.69, 9.17) is 0 Å². The van der Waals surface area contributed by atoms with Gasteiger partial charge in [0.2, 0.25) is 0 Å². The van der Waals surface area contributed by atoms with Crippen molar-refractivity contribution in [1.82, 2.24) is 29.7 Å². The minimum absolute atomic E-state index is 0.182. The molecule has 28 heavy (non-hydrogen) atoms. The lowest BCUT2D eigenvalue weighted by Crippen LogP contribution is -2.26. The number of aromatic amines is 1. The number of pyridine rings is 1. The molecular weight excluding hydrogens is 356 g/mol. The van der Waals surface area contributed by atoms with Crippen LogP contribution in [0.4, 0.5) is 5.82 Å². The molecule has 2 N–H and O–H groups in total. The number of hydrazone groups is 1. The molecule has 0 aliphatic carbocycles. The van der Waals surface area contributed by atoms with Crippen molar-refractivity contribution < 1.29 is 0 Å². The summed E-state index contributed by atoms with van der Waals surface area (Å²) in [6.07, 6.45) is 9.41. The Kier molecular flexibility index (Phi) is 5.14. The zero-order valence-corrected chi connectivity index (χ0v) is 15.6. The van der Waals surface area contributed by atoms with Gasteiger partial charge < -0.3 is 5.32 Å². The molecule has 1 unspecified atom stereocenters. The van der Waals surface area contributed by atoms with Crippen molar-refractivity contribution in [2.75, 3.05) is 25.0 Å². The number of H-pyrrole nitrogens is 1. The number of aromatic nitrogens is 5. The number of nitrogens with zero attached hydrogens (tertiary/aromatic N) is 6. The number of hydrogen-bond donors (Lipinski definition) is 2. The normalized spacial score (nSPS) is 14.4. The van der Waals surface area contributed by atoms with Crippen molar-refractivity contribution in [2.24, 2.45) is 11.0 Å². The molecule has 0 spiro atoms. The van der Waals surface area contributed by atoms with Crippen molar-refractivity contribution in [3.8, 4) is 16.9 Å². The Bertz CT molecular complexity index is 1010. The first kappa shape index (κ1) is 17.9. The maximum atomic E-state index is 12.7. The fourth-order valence-electron chi connectivity index (χ4n) is 3.11. The number of rotatable bonds is 7. The Hall–Kier alpha value is -3.49. The van der Waals surface area contributed by atoms with E-state index in [-0.39, 0.29) is 5.56 Å². The van der Waals surface area contributed by atoms with Gasteiger partial charge in [-0.1, -0.05) is 13.0 Å². The summed E-state index contributed by atoms with van der Waals surface area (Å²) in [7, 11) is 0. The van der Waals surface area contributed by atoms with E-state index in [0.717, 1.165) is 31.6 Å². The Morgan fingerprint density at radius 2 is 2.29 bits per heavy atom. The highest BCUT2D eigenvalue weighted by molar-refractivity contribution is 5.60. The molecule has 1 atom stereocenters. The van der Waals surface area contributed by atoms with Crippen LogP contribution in [0.5, 0.6) is 0 Å². The third-order valence-electron chi connectivity index (χ3n) is 4.54. The van der Waals surface area contributed by atoms with Crippen LogP contribution in [-0.2, 0) is 0 Å². The summed E-state index contributed by atoms with van der Waals surface area (Å²) in [6, 6.07) is 5.40. The maximum Gasteiger partial charge on any atom is 0.280 e. The lowest BCUT2D eigenvalue weighted by Gasteiger charge is -2.19. The summed E-state index contributed by atoms with van der Waals surface area (Å²) in [6.45, 7) is 4.80. The van der Waals surface area contributed by atoms with Crippen molar-refractivity contribution >= 4 is 12.0 Å². The molecule has 9 heteroatoms. The molecule has 0 fully saturated rings. The molecule has 3 aromatic heterocycles. The molecular formula is C19H22N8O. The molecule has 0 saturated carbocycles. The molecule has 0 radical (unpaired) electrons. The van der Waals surface area contributed by atoms with Crippen LogP contribution in [0.25, 0.3) is 16.9 Å². The zero-order chi connectivity index (χ0) is 19.3. The molecule has 144 valence electrons. The molecule has 0 amide bonds. The van der Waals surface area contributed by atoms with E-state index < -0.39 is 0 Å². The quantitative estimate of drug-likeness (QED) is 0.649. The zero-order valence-electron chi connectivity index (χ0n) is 15.6. The monoisotopic (exact) mass is 378 g/mol. The van der Waals surface area contributed by atoms with Gasteiger partial charge in [0.1, 0.15) is 12.1 Å². The molecule has 3 aromatic rings. The standard InChI is InChI=1S/C19H22N8O/c1-14(12-26-7-3-6-24-26)9-21-17-8-18(23-13-22-17)27-19(28)16(11-25-27)15-4-2-5-20-10-15/h2,4-6,8,10-11,13-14,25H,3,7,9,12H2,1H3,(H,21,22,23). The highest BCUT2D eigenvalue weighted by atomic mass is 16.1. The van der Waals surface area contributed by atoms with Gasteiger partial charge in [0.25, 0.3) is 5.56 Å². The van der Waals surface area contributed by atoms with Gasteiger partial charge in [-0.05, 0) is 12.0 Å². The van der Waals surface area contributed by atoms with E-state index >= 15 is 0 Å². The minimum atomic E-state index is -0.182. The van der Waals surface area contributed by atoms with Crippen LogP contribution in [0.15, 0.2) is 53.0 Å². The van der Waals surface area contributed by atoms with E-state index in [1.807, 2.05) is 12.3 Å². The van der Waals surface area contributed by atoms with Gasteiger partial charge in [0, 0.05) is 62.5 Å². The minimum Gasteiger partial charge on any atom is -0.370 e. The molecule has 4 heterocycles. The molecule has 0 bridgehead atoms. The number of hydrogen-bond acceptors (Lipinski definition) is 7. The van der Waals surface area contributed by atoms with Crippen LogP contribution in [0.2, 0.25) is 0 Å². The summed E-state index contributed by atoms with van der Waals surface area (Å²) in [5.41, 5.74) is 1.12. The van der Waals surface area contributed by atoms with Gasteiger partial charge >= 0.3 is 0 Å². The molecule has 0 aromatic carbocycles. The summed E-state index contributed by atoms with van der Waals surface area (Å²) >= 11 is 0. The average molecular weight is 378 g/mol. The molecule has 0 saturated heterocycles. The predicted molar refractivity (Wildman–Crippen MR) is 108 cm³/mol. The molecule has 1 aliphatic rings. The Labute approximate surface area is 162 Å². The predicted octanol–water partition coefficient (Wildman–Crippen LogP) is 1.76. The summed E-state index contributed by atoms with van der Waals surface area (Å²) in [5.74, 6) is 1.56. The lowest BCUT2D eigenvalue weighted by atomic mass is 10.2. The third kappa shape index (κ3) is 3.93. The summed E-state index contributed by atoms with van der Waals surface area (Å²) in [4.78, 5) is 25.3. The van der Waals surface area contributed by atoms with Crippen LogP contribution < -0.4 is 10.9 Å². The number of anilines is 1. The summed E-state index contributed by atoms with van der Waals surface area (Å²) < 4.78 is 1.40. The lowest BCUT2D eigenvalue weighted by molar-refractivity contribution is 0.277. The third-order valence-corrected chi connectivity index (χ3v) is 4.54. The van der Waals surface area contributed by atoms with Gasteiger partial charge in [0.05, 0.1) is 5.56 Å². The Morgan fingerprint density at radius 1 is 1.36 bits per heavy atom. The second-order valence-corrected chi connectivity index (χ2v) is 6.82. The largest absolute Gasteiger partial charge is 0.370 e. The van der Waals surface area contributed by atoms with Crippen LogP contribution in [0, 0.1) is 5.92 Å². The average Bonchev–Trinajstić information content (AvgIpc) is 3.37. The van der Waals surface area contributed by atoms with Gasteiger partial charge in [-0.25, -0.2) is 14.6 Å². The van der Waals surface area contributed by atoms with Crippen molar-refractivity contribution in [1.29, 1.82) is 0 Å². The second kappa shape index (κ2) is 8.03. The highest BCUT2D eigenvalue weighted by Crippen LogP contribution is 2.14. The van der Waals surface area contributed by atoms with Crippen molar-refractivity contribution in [3.05, 3.63) is 53.5 Å². The van der Waals surface area contributed by atoms with Crippen molar-refractivity contribution in [3.63, 3.8) is 0 Å². The first-order valence-electron chi connectivity index (χ1n) is 9.25. The van der Waals surface area contributed by atoms with E-state index in [2.05, 4.69) is 42.4 Å². The fraction of sp³-hybridized carbons (Fsp3) is 0.316. The van der Waals surface area contributed by atoms with Crippen LogP contribution in [0.3, 0.4) is 0 Å². The SMILES string of the molecule is CC(CNc1cc(-n2[nH]cc(-c3cccnc3)c2=O)ncn1)CN1CCC=N1. The molecule has 1 aliphatic heterocycles. The van der Waals surface area contributed by atoms with E-state index in [1.54, 1.807) is 30.7 Å². The van der Waals surface area contributed by atoms with Gasteiger partial charge in [-0.3, -0.25) is 19.9 Å². The first-order chi connectivity index (χ1) is 13.7. The van der Waals surface area contributed by atoms with E-state index in [9.17, 15) is 4.79 Å². The molecule has 9 nitrogen and oxygen atoms in total. The van der Waals surface area contributed by atoms with Crippen LogP contribution >= 0.6 is 0 Å². The van der Waals surface area contributed by atoms with Crippen LogP contribution in [-0.4, -0.2) is 55.6 Å². The van der Waals surface area contributed by atoms with Crippen molar-refractivity contribution in [2.45, 2.75) is 13.3 Å². The van der Waals surface area contributed by atoms with Gasteiger partial charge in [-0.15, -0.1) is 0 Å². The van der Waals surface area contributed by atoms with Crippen LogP contribution in [0.1, 0.15) is 13.3 Å². The smallest absolute Gasteiger partial charge is 0.280 e. The number of nitrogens with one attached hydrogen (secondary N) is 2. The maximum absolute atomic E-state index is 12.7. The second-order valence-electron chi connectivity index (χ2n) is 6.82. The van der Waals surface area contributed by atoms with E-state index in [1.165, 1.54) is 11.0 Å². The Morgan fingerprint density at radius 3 is 3.07 bits per heavy atom. The Balaban J connectivity index is 1.46. The molecule has 4 rings (SSSR count). The van der Waals surface area contributed by atoms with Gasteiger partial charge in [0.15, 0.2) is 5.82 Å². The van der Waals surface area contributed by atoms with Gasteiger partial charge in [-0.2, -0.15) is 5.10 Å². The topological polar surface area (TPSA) is 104 Å². The summed E-state index contributed by atoms with van der Waals surface area (Å²) in [5, 5.41) is 12.7. The van der Waals surface area contributed by atoms with E-state index in [0.29, 0.717) is 23.1 Å². The highest BCUT2D eigenvalue weighted by Gasteiger charge is 2.13. The fourth-order valence-corrected chi connectivity index (χ4v) is 3.11.